The number of ether oxygens (including phenoxy) is 1. The molecule has 0 unspecified atom stereocenters. The Bertz CT molecular complexity index is 812. The fourth-order valence-electron chi connectivity index (χ4n) is 3.41. The van der Waals surface area contributed by atoms with E-state index in [1.54, 1.807) is 7.11 Å². The Morgan fingerprint density at radius 3 is 2.21 bits per heavy atom. The van der Waals surface area contributed by atoms with Crippen LogP contribution in [0.3, 0.4) is 0 Å². The molecule has 2 aliphatic carbocycles. The fourth-order valence-corrected chi connectivity index (χ4v) is 3.41. The first kappa shape index (κ1) is 16.6. The Kier molecular flexibility index (Phi) is 4.62. The summed E-state index contributed by atoms with van der Waals surface area (Å²) in [5.74, 6) is 1.45. The largest absolute Gasteiger partial charge is 0.497 e. The zero-order valence-corrected chi connectivity index (χ0v) is 15.3. The second kappa shape index (κ2) is 6.68. The number of rotatable bonds is 4. The lowest BCUT2D eigenvalue weighted by Crippen LogP contribution is -1.90. The zero-order chi connectivity index (χ0) is 17.3. The highest BCUT2D eigenvalue weighted by atomic mass is 16.5. The average Bonchev–Trinajstić information content (AvgIpc) is 2.75. The van der Waals surface area contributed by atoms with Crippen LogP contribution >= 0.6 is 0 Å². The van der Waals surface area contributed by atoms with Crippen LogP contribution in [0.2, 0.25) is 0 Å². The predicted octanol–water partition coefficient (Wildman–Crippen LogP) is 6.13. The lowest BCUT2D eigenvalue weighted by Gasteiger charge is -2.07. The molecule has 1 aromatic carbocycles. The maximum atomic E-state index is 5.26. The van der Waals surface area contributed by atoms with Crippen LogP contribution in [0.1, 0.15) is 47.6 Å². The Morgan fingerprint density at radius 2 is 1.58 bits per heavy atom. The Morgan fingerprint density at radius 1 is 0.875 bits per heavy atom. The van der Waals surface area contributed by atoms with Crippen molar-refractivity contribution in [3.8, 4) is 16.9 Å². The summed E-state index contributed by atoms with van der Waals surface area (Å²) >= 11 is 0. The van der Waals surface area contributed by atoms with Crippen molar-refractivity contribution >= 4 is 0 Å². The third-order valence-electron chi connectivity index (χ3n) is 4.86. The van der Waals surface area contributed by atoms with Crippen molar-refractivity contribution in [2.45, 2.75) is 40.0 Å². The molecule has 0 aliphatic heterocycles. The van der Waals surface area contributed by atoms with Gasteiger partial charge in [-0.25, -0.2) is 0 Å². The molecule has 1 heteroatoms. The standard InChI is InChI=1S/C23H26O/c1-15(2)19-9-6-16(3)23-20(12-17(4)22(23)14-19)13-18-7-10-21(24-5)11-8-18/h6-12,14-15H,13H2,1-5H3. The maximum Gasteiger partial charge on any atom is 0.118 e. The molecule has 24 heavy (non-hydrogen) atoms. The minimum Gasteiger partial charge on any atom is -0.497 e. The van der Waals surface area contributed by atoms with Crippen LogP contribution in [0.15, 0.2) is 48.5 Å². The summed E-state index contributed by atoms with van der Waals surface area (Å²) in [6.07, 6.45) is 0.955. The Hall–Kier alpha value is -2.28. The molecule has 3 rings (SSSR count). The molecule has 0 saturated heterocycles. The third kappa shape index (κ3) is 3.17. The van der Waals surface area contributed by atoms with Gasteiger partial charge >= 0.3 is 0 Å². The highest BCUT2D eigenvalue weighted by Gasteiger charge is 2.16. The molecule has 2 aliphatic rings. The van der Waals surface area contributed by atoms with Gasteiger partial charge in [0, 0.05) is 0 Å². The van der Waals surface area contributed by atoms with Crippen molar-refractivity contribution < 1.29 is 4.74 Å². The zero-order valence-electron chi connectivity index (χ0n) is 15.3. The minimum atomic E-state index is 0.541. The number of methoxy groups -OCH3 is 1. The van der Waals surface area contributed by atoms with E-state index in [2.05, 4.69) is 64.1 Å². The summed E-state index contributed by atoms with van der Waals surface area (Å²) in [6, 6.07) is 17.7. The topological polar surface area (TPSA) is 9.23 Å². The van der Waals surface area contributed by atoms with Crippen LogP contribution < -0.4 is 4.74 Å². The first-order valence-corrected chi connectivity index (χ1v) is 8.65. The minimum absolute atomic E-state index is 0.541. The lowest BCUT2D eigenvalue weighted by molar-refractivity contribution is 0.414. The number of hydrogen-bond donors (Lipinski definition) is 0. The normalized spacial score (nSPS) is 11.2. The smallest absolute Gasteiger partial charge is 0.118 e. The molecule has 124 valence electrons. The van der Waals surface area contributed by atoms with E-state index in [0.29, 0.717) is 5.92 Å². The van der Waals surface area contributed by atoms with Gasteiger partial charge in [0.05, 0.1) is 7.11 Å². The third-order valence-corrected chi connectivity index (χ3v) is 4.86. The van der Waals surface area contributed by atoms with Gasteiger partial charge < -0.3 is 4.74 Å². The summed E-state index contributed by atoms with van der Waals surface area (Å²) in [7, 11) is 1.71. The van der Waals surface area contributed by atoms with Gasteiger partial charge in [-0.2, -0.15) is 0 Å². The highest BCUT2D eigenvalue weighted by Crippen LogP contribution is 2.37. The quantitative estimate of drug-likeness (QED) is 0.562. The molecule has 0 N–H and O–H groups in total. The van der Waals surface area contributed by atoms with Crippen molar-refractivity contribution in [3.63, 3.8) is 0 Å². The molecule has 0 fully saturated rings. The molecule has 0 spiro atoms. The number of hydrogen-bond acceptors (Lipinski definition) is 1. The first-order chi connectivity index (χ1) is 11.5. The molecule has 0 heterocycles. The van der Waals surface area contributed by atoms with E-state index in [1.807, 2.05) is 12.1 Å². The van der Waals surface area contributed by atoms with Crippen molar-refractivity contribution in [1.29, 1.82) is 0 Å². The molecule has 0 saturated carbocycles. The molecule has 0 aromatic heterocycles. The van der Waals surface area contributed by atoms with Gasteiger partial charge in [0.25, 0.3) is 0 Å². The van der Waals surface area contributed by atoms with Gasteiger partial charge in [0.1, 0.15) is 5.75 Å². The SMILES string of the molecule is COc1ccc(Cc2cc(C)c3cc(C(C)C)ccc(C)c2-3)cc1. The number of fused-ring (bicyclic) bond motifs is 1. The number of benzene rings is 1. The van der Waals surface area contributed by atoms with Crippen LogP contribution in [0.5, 0.6) is 5.75 Å². The van der Waals surface area contributed by atoms with Crippen LogP contribution in [-0.4, -0.2) is 7.11 Å². The summed E-state index contributed by atoms with van der Waals surface area (Å²) in [5, 5.41) is 0. The van der Waals surface area contributed by atoms with Gasteiger partial charge in [-0.1, -0.05) is 50.2 Å². The van der Waals surface area contributed by atoms with Crippen LogP contribution in [0.25, 0.3) is 11.1 Å². The van der Waals surface area contributed by atoms with Gasteiger partial charge in [0.2, 0.25) is 0 Å². The summed E-state index contributed by atoms with van der Waals surface area (Å²) in [4.78, 5) is 0. The monoisotopic (exact) mass is 318 g/mol. The van der Waals surface area contributed by atoms with Crippen molar-refractivity contribution in [2.24, 2.45) is 0 Å². The molecule has 0 atom stereocenters. The number of aryl methyl sites for hydroxylation is 2. The molecule has 1 nitrogen and oxygen atoms in total. The molecule has 0 bridgehead atoms. The van der Waals surface area contributed by atoms with Gasteiger partial charge in [-0.05, 0) is 77.3 Å². The predicted molar refractivity (Wildman–Crippen MR) is 102 cm³/mol. The molecule has 0 radical (unpaired) electrons. The maximum absolute atomic E-state index is 5.26. The van der Waals surface area contributed by atoms with E-state index in [0.717, 1.165) is 12.2 Å². The van der Waals surface area contributed by atoms with E-state index >= 15 is 0 Å². The molecular formula is C23H26O. The summed E-state index contributed by atoms with van der Waals surface area (Å²) < 4.78 is 5.26. The molecular weight excluding hydrogens is 292 g/mol. The van der Waals surface area contributed by atoms with E-state index < -0.39 is 0 Å². The average molecular weight is 318 g/mol. The van der Waals surface area contributed by atoms with Crippen LogP contribution in [0.4, 0.5) is 0 Å². The second-order valence-electron chi connectivity index (χ2n) is 6.98. The summed E-state index contributed by atoms with van der Waals surface area (Å²) in [6.45, 7) is 8.97. The first-order valence-electron chi connectivity index (χ1n) is 8.65. The Balaban J connectivity index is 2.04. The van der Waals surface area contributed by atoms with Crippen LogP contribution in [-0.2, 0) is 6.42 Å². The second-order valence-corrected chi connectivity index (χ2v) is 6.98. The van der Waals surface area contributed by atoms with Gasteiger partial charge in [-0.3, -0.25) is 0 Å². The Labute approximate surface area is 145 Å². The van der Waals surface area contributed by atoms with E-state index in [1.165, 1.54) is 38.9 Å². The molecule has 1 aromatic rings. The van der Waals surface area contributed by atoms with Crippen molar-refractivity contribution in [2.75, 3.05) is 7.11 Å². The van der Waals surface area contributed by atoms with E-state index in [4.69, 9.17) is 4.74 Å². The van der Waals surface area contributed by atoms with Gasteiger partial charge in [-0.15, -0.1) is 0 Å². The summed E-state index contributed by atoms with van der Waals surface area (Å²) in [5.41, 5.74) is 9.66. The molecule has 0 amide bonds. The van der Waals surface area contributed by atoms with E-state index in [9.17, 15) is 0 Å². The highest BCUT2D eigenvalue weighted by molar-refractivity contribution is 5.78. The van der Waals surface area contributed by atoms with Crippen molar-refractivity contribution in [1.82, 2.24) is 0 Å². The van der Waals surface area contributed by atoms with E-state index in [-0.39, 0.29) is 0 Å². The lowest BCUT2D eigenvalue weighted by atomic mass is 9.98. The fraction of sp³-hybridized carbons (Fsp3) is 0.304. The van der Waals surface area contributed by atoms with Crippen molar-refractivity contribution in [3.05, 3.63) is 76.3 Å². The van der Waals surface area contributed by atoms with Crippen LogP contribution in [0, 0.1) is 13.8 Å². The van der Waals surface area contributed by atoms with Gasteiger partial charge in [0.15, 0.2) is 0 Å².